The monoisotopic (exact) mass is 401 g/mol. The van der Waals surface area contributed by atoms with E-state index in [0.29, 0.717) is 25.6 Å². The van der Waals surface area contributed by atoms with Gasteiger partial charge in [0.2, 0.25) is 0 Å². The molecule has 1 aromatic carbocycles. The smallest absolute Gasteiger partial charge is 0.252 e. The van der Waals surface area contributed by atoms with Gasteiger partial charge in [-0.25, -0.2) is 0 Å². The van der Waals surface area contributed by atoms with Crippen LogP contribution < -0.4 is 5.32 Å². The number of amides is 1. The van der Waals surface area contributed by atoms with Gasteiger partial charge in [0.15, 0.2) is 0 Å². The molecule has 0 aliphatic heterocycles. The molecule has 0 heterocycles. The fourth-order valence-electron chi connectivity index (χ4n) is 1.49. The Balaban J connectivity index is 2.78. The van der Waals surface area contributed by atoms with Crippen molar-refractivity contribution in [3.63, 3.8) is 0 Å². The van der Waals surface area contributed by atoms with E-state index in [4.69, 9.17) is 28.3 Å². The summed E-state index contributed by atoms with van der Waals surface area (Å²) in [7, 11) is 0. The van der Waals surface area contributed by atoms with Gasteiger partial charge >= 0.3 is 0 Å². The van der Waals surface area contributed by atoms with Crippen LogP contribution in [0.2, 0.25) is 10.0 Å². The predicted octanol–water partition coefficient (Wildman–Crippen LogP) is 3.49. The van der Waals surface area contributed by atoms with E-state index in [9.17, 15) is 4.79 Å². The van der Waals surface area contributed by atoms with Crippen molar-refractivity contribution in [2.24, 2.45) is 0 Å². The highest BCUT2D eigenvalue weighted by molar-refractivity contribution is 14.1. The molecule has 1 aromatic rings. The summed E-state index contributed by atoms with van der Waals surface area (Å²) >= 11 is 13.9. The minimum atomic E-state index is -0.200. The zero-order chi connectivity index (χ0) is 13.7. The second kappa shape index (κ2) is 7.53. The number of carbonyl (C=O) groups excluding carboxylic acids is 1. The normalized spacial score (nSPS) is 12.3. The molecule has 0 saturated heterocycles. The summed E-state index contributed by atoms with van der Waals surface area (Å²) in [5.74, 6) is -0.200. The number of halogens is 3. The number of aliphatic hydroxyl groups excluding tert-OH is 1. The van der Waals surface area contributed by atoms with Crippen LogP contribution in [0, 0.1) is 3.57 Å². The lowest BCUT2D eigenvalue weighted by Crippen LogP contribution is -2.33. The second-order valence-electron chi connectivity index (χ2n) is 3.99. The average molecular weight is 402 g/mol. The summed E-state index contributed by atoms with van der Waals surface area (Å²) in [6, 6.07) is 3.21. The average Bonchev–Trinajstić information content (AvgIpc) is 2.30. The molecule has 1 atom stereocenters. The van der Waals surface area contributed by atoms with Crippen molar-refractivity contribution in [3.8, 4) is 0 Å². The van der Waals surface area contributed by atoms with Gasteiger partial charge in [-0.2, -0.15) is 0 Å². The summed E-state index contributed by atoms with van der Waals surface area (Å²) in [6.07, 6.45) is 1.39. The summed E-state index contributed by atoms with van der Waals surface area (Å²) in [5, 5.41) is 12.5. The Labute approximate surface area is 130 Å². The molecule has 3 nitrogen and oxygen atoms in total. The third-order valence-corrected chi connectivity index (χ3v) is 4.41. The minimum Gasteiger partial charge on any atom is -0.396 e. The SMILES string of the molecule is CC(CCCO)NC(=O)c1cc(Cl)cc(Cl)c1I. The zero-order valence-corrected chi connectivity index (χ0v) is 13.5. The largest absolute Gasteiger partial charge is 0.396 e. The van der Waals surface area contributed by atoms with E-state index in [1.807, 2.05) is 29.5 Å². The van der Waals surface area contributed by atoms with Gasteiger partial charge < -0.3 is 10.4 Å². The van der Waals surface area contributed by atoms with Gasteiger partial charge in [-0.3, -0.25) is 4.79 Å². The number of aliphatic hydroxyl groups is 1. The van der Waals surface area contributed by atoms with Crippen molar-refractivity contribution in [1.82, 2.24) is 5.32 Å². The maximum absolute atomic E-state index is 12.0. The van der Waals surface area contributed by atoms with Crippen LogP contribution >= 0.6 is 45.8 Å². The first-order chi connectivity index (χ1) is 8.45. The highest BCUT2D eigenvalue weighted by Crippen LogP contribution is 2.26. The standard InChI is InChI=1S/C12H14Cl2INO2/c1-7(3-2-4-17)16-12(18)9-5-8(13)6-10(14)11(9)15/h5-7,17H,2-4H2,1H3,(H,16,18). The van der Waals surface area contributed by atoms with Gasteiger partial charge in [-0.15, -0.1) is 0 Å². The Morgan fingerprint density at radius 1 is 1.50 bits per heavy atom. The van der Waals surface area contributed by atoms with E-state index in [2.05, 4.69) is 5.32 Å². The third kappa shape index (κ3) is 4.57. The molecule has 2 N–H and O–H groups in total. The van der Waals surface area contributed by atoms with Crippen LogP contribution in [0.3, 0.4) is 0 Å². The minimum absolute atomic E-state index is 0.00166. The van der Waals surface area contributed by atoms with E-state index in [0.717, 1.165) is 6.42 Å². The fraction of sp³-hybridized carbons (Fsp3) is 0.417. The Morgan fingerprint density at radius 2 is 2.17 bits per heavy atom. The zero-order valence-electron chi connectivity index (χ0n) is 9.84. The Kier molecular flexibility index (Phi) is 6.70. The van der Waals surface area contributed by atoms with Crippen molar-refractivity contribution in [2.75, 3.05) is 6.61 Å². The number of carbonyl (C=O) groups is 1. The molecule has 1 rings (SSSR count). The van der Waals surface area contributed by atoms with Crippen LogP contribution in [0.5, 0.6) is 0 Å². The molecule has 18 heavy (non-hydrogen) atoms. The summed E-state index contributed by atoms with van der Waals surface area (Å²) in [4.78, 5) is 12.0. The first kappa shape index (κ1) is 16.0. The highest BCUT2D eigenvalue weighted by Gasteiger charge is 2.15. The number of hydrogen-bond acceptors (Lipinski definition) is 2. The molecule has 1 amide bonds. The molecule has 1 unspecified atom stereocenters. The lowest BCUT2D eigenvalue weighted by atomic mass is 10.1. The van der Waals surface area contributed by atoms with Crippen molar-refractivity contribution in [3.05, 3.63) is 31.3 Å². The Bertz CT molecular complexity index is 440. The highest BCUT2D eigenvalue weighted by atomic mass is 127. The van der Waals surface area contributed by atoms with Crippen LogP contribution in [0.4, 0.5) is 0 Å². The lowest BCUT2D eigenvalue weighted by molar-refractivity contribution is 0.0935. The van der Waals surface area contributed by atoms with E-state index >= 15 is 0 Å². The van der Waals surface area contributed by atoms with Gasteiger partial charge in [0, 0.05) is 21.2 Å². The molecule has 100 valence electrons. The van der Waals surface area contributed by atoms with Crippen LogP contribution in [-0.2, 0) is 0 Å². The third-order valence-electron chi connectivity index (χ3n) is 2.41. The van der Waals surface area contributed by atoms with Gasteiger partial charge in [0.05, 0.1) is 10.6 Å². The van der Waals surface area contributed by atoms with Gasteiger partial charge in [-0.05, 0) is 54.5 Å². The molecule has 0 aromatic heterocycles. The van der Waals surface area contributed by atoms with E-state index < -0.39 is 0 Å². The molecular formula is C12H14Cl2INO2. The number of rotatable bonds is 5. The van der Waals surface area contributed by atoms with Gasteiger partial charge in [0.25, 0.3) is 5.91 Å². The first-order valence-corrected chi connectivity index (χ1v) is 7.35. The van der Waals surface area contributed by atoms with Crippen molar-refractivity contribution in [2.45, 2.75) is 25.8 Å². The van der Waals surface area contributed by atoms with Gasteiger partial charge in [0.1, 0.15) is 0 Å². The van der Waals surface area contributed by atoms with E-state index in [1.54, 1.807) is 12.1 Å². The van der Waals surface area contributed by atoms with Crippen LogP contribution in [0.15, 0.2) is 12.1 Å². The van der Waals surface area contributed by atoms with E-state index in [1.165, 1.54) is 0 Å². The molecule has 0 spiro atoms. The quantitative estimate of drug-likeness (QED) is 0.586. The first-order valence-electron chi connectivity index (χ1n) is 5.52. The van der Waals surface area contributed by atoms with Crippen LogP contribution in [0.25, 0.3) is 0 Å². The molecule has 0 bridgehead atoms. The van der Waals surface area contributed by atoms with Gasteiger partial charge in [-0.1, -0.05) is 23.2 Å². The molecule has 0 radical (unpaired) electrons. The van der Waals surface area contributed by atoms with Crippen LogP contribution in [-0.4, -0.2) is 23.7 Å². The predicted molar refractivity (Wildman–Crippen MR) is 82.4 cm³/mol. The van der Waals surface area contributed by atoms with Crippen molar-refractivity contribution >= 4 is 51.7 Å². The molecule has 0 aliphatic rings. The maximum Gasteiger partial charge on any atom is 0.252 e. The number of nitrogens with one attached hydrogen (secondary N) is 1. The summed E-state index contributed by atoms with van der Waals surface area (Å²) in [5.41, 5.74) is 0.476. The van der Waals surface area contributed by atoms with Crippen molar-refractivity contribution in [1.29, 1.82) is 0 Å². The fourth-order valence-corrected chi connectivity index (χ4v) is 2.54. The summed E-state index contributed by atoms with van der Waals surface area (Å²) < 4.78 is 0.686. The maximum atomic E-state index is 12.0. The van der Waals surface area contributed by atoms with Crippen LogP contribution in [0.1, 0.15) is 30.1 Å². The molecular weight excluding hydrogens is 388 g/mol. The Hall–Kier alpha value is -0.0400. The topological polar surface area (TPSA) is 49.3 Å². The number of benzene rings is 1. The molecule has 0 fully saturated rings. The number of hydrogen-bond donors (Lipinski definition) is 2. The molecule has 6 heteroatoms. The second-order valence-corrected chi connectivity index (χ2v) is 5.91. The molecule has 0 aliphatic carbocycles. The molecule has 0 saturated carbocycles. The Morgan fingerprint density at radius 3 is 2.78 bits per heavy atom. The lowest BCUT2D eigenvalue weighted by Gasteiger charge is -2.14. The van der Waals surface area contributed by atoms with Crippen molar-refractivity contribution < 1.29 is 9.90 Å². The van der Waals surface area contributed by atoms with E-state index in [-0.39, 0.29) is 18.6 Å². The summed E-state index contributed by atoms with van der Waals surface area (Å²) in [6.45, 7) is 2.02.